The fraction of sp³-hybridized carbons (Fsp3) is 0.529. The molecule has 2 rings (SSSR count). The zero-order valence-electron chi connectivity index (χ0n) is 15.5. The number of hydroxylamine groups is 4. The maximum Gasteiger partial charge on any atom is 0.359 e. The van der Waals surface area contributed by atoms with Crippen LogP contribution in [0.3, 0.4) is 0 Å². The summed E-state index contributed by atoms with van der Waals surface area (Å²) in [4.78, 5) is 78.8. The molecule has 11 nitrogen and oxygen atoms in total. The number of hydrogen-bond acceptors (Lipinski definition) is 9. The van der Waals surface area contributed by atoms with Crippen molar-refractivity contribution in [1.82, 2.24) is 10.1 Å². The first-order chi connectivity index (χ1) is 13.2. The summed E-state index contributed by atoms with van der Waals surface area (Å²) in [5.74, 6) is -4.73. The molecule has 0 saturated carbocycles. The third kappa shape index (κ3) is 5.22. The Kier molecular flexibility index (Phi) is 6.99. The van der Waals surface area contributed by atoms with Gasteiger partial charge in [-0.2, -0.15) is 0 Å². The summed E-state index contributed by atoms with van der Waals surface area (Å²) in [6.07, 6.45) is 1.37. The molecule has 1 atom stereocenters. The first kappa shape index (κ1) is 21.2. The van der Waals surface area contributed by atoms with Crippen LogP contribution in [0.2, 0.25) is 0 Å². The molecule has 1 unspecified atom stereocenters. The quantitative estimate of drug-likeness (QED) is 0.310. The van der Waals surface area contributed by atoms with E-state index in [9.17, 15) is 28.8 Å². The van der Waals surface area contributed by atoms with Gasteiger partial charge in [-0.3, -0.25) is 19.2 Å². The number of ether oxygens (including phenoxy) is 1. The van der Waals surface area contributed by atoms with Gasteiger partial charge in [0.05, 0.1) is 19.1 Å². The summed E-state index contributed by atoms with van der Waals surface area (Å²) >= 11 is 0. The minimum atomic E-state index is -0.870. The van der Waals surface area contributed by atoms with Gasteiger partial charge in [0.15, 0.2) is 0 Å². The van der Waals surface area contributed by atoms with Crippen LogP contribution in [-0.2, 0) is 43.2 Å². The van der Waals surface area contributed by atoms with Crippen LogP contribution in [0.4, 0.5) is 0 Å². The van der Waals surface area contributed by atoms with Crippen molar-refractivity contribution >= 4 is 35.6 Å². The molecule has 11 heteroatoms. The van der Waals surface area contributed by atoms with E-state index in [0.29, 0.717) is 10.1 Å². The average Bonchev–Trinajstić information content (AvgIpc) is 3.14. The Bertz CT molecular complexity index is 711. The lowest BCUT2D eigenvalue weighted by atomic mass is 10.2. The normalized spacial score (nSPS) is 18.7. The maximum atomic E-state index is 11.9. The molecule has 2 heterocycles. The first-order valence-electron chi connectivity index (χ1n) is 8.61. The zero-order valence-corrected chi connectivity index (χ0v) is 15.5. The highest BCUT2D eigenvalue weighted by Gasteiger charge is 2.34. The number of amides is 4. The highest BCUT2D eigenvalue weighted by Crippen LogP contribution is 2.15. The lowest BCUT2D eigenvalue weighted by Gasteiger charge is -2.16. The van der Waals surface area contributed by atoms with Crippen LogP contribution < -0.4 is 0 Å². The molecule has 2 aliphatic rings. The van der Waals surface area contributed by atoms with E-state index in [0.717, 1.165) is 0 Å². The molecule has 2 aliphatic heterocycles. The van der Waals surface area contributed by atoms with Gasteiger partial charge in [-0.25, -0.2) is 9.59 Å². The molecular formula is C17H20N2O9. The Morgan fingerprint density at radius 2 is 1.39 bits per heavy atom. The van der Waals surface area contributed by atoms with Crippen molar-refractivity contribution < 1.29 is 43.2 Å². The minimum absolute atomic E-state index is 0.000592. The molecule has 2 saturated heterocycles. The van der Waals surface area contributed by atoms with Crippen molar-refractivity contribution in [2.75, 3.05) is 13.2 Å². The van der Waals surface area contributed by atoms with Crippen LogP contribution in [0.5, 0.6) is 0 Å². The average molecular weight is 396 g/mol. The van der Waals surface area contributed by atoms with E-state index in [1.54, 1.807) is 0 Å². The number of rotatable bonds is 8. The van der Waals surface area contributed by atoms with Crippen LogP contribution in [-0.4, -0.2) is 58.9 Å². The third-order valence-corrected chi connectivity index (χ3v) is 3.97. The SMILES string of the molecule is C/C(=C/COCC(C)C(=O)ON1C(=O)CCC1=O)C(=O)ON1C(=O)CCC1=O. The van der Waals surface area contributed by atoms with Gasteiger partial charge in [-0.1, -0.05) is 0 Å². The Balaban J connectivity index is 1.72. The van der Waals surface area contributed by atoms with Crippen LogP contribution in [0.1, 0.15) is 39.5 Å². The van der Waals surface area contributed by atoms with Crippen molar-refractivity contribution in [3.05, 3.63) is 11.6 Å². The Hall–Kier alpha value is -3.08. The van der Waals surface area contributed by atoms with Crippen LogP contribution in [0.15, 0.2) is 11.6 Å². The smallest absolute Gasteiger partial charge is 0.359 e. The van der Waals surface area contributed by atoms with Crippen LogP contribution >= 0.6 is 0 Å². The van der Waals surface area contributed by atoms with Gasteiger partial charge in [-0.05, 0) is 19.9 Å². The highest BCUT2D eigenvalue weighted by atomic mass is 16.7. The van der Waals surface area contributed by atoms with Gasteiger partial charge in [-0.15, -0.1) is 10.1 Å². The number of carbonyl (C=O) groups excluding carboxylic acids is 6. The fourth-order valence-corrected chi connectivity index (χ4v) is 2.23. The standard InChI is InChI=1S/C17H20N2O9/c1-10(16(24)27-18-12(20)3-4-13(18)21)7-8-26-9-11(2)17(25)28-19-14(22)5-6-15(19)23/h7,11H,3-6,8-9H2,1-2H3/b10-7-. The first-order valence-corrected chi connectivity index (χ1v) is 8.61. The lowest BCUT2D eigenvalue weighted by molar-refractivity contribution is -0.201. The number of imide groups is 2. The molecule has 0 aromatic rings. The minimum Gasteiger partial charge on any atom is -0.376 e. The predicted octanol–water partition coefficient (Wildman–Crippen LogP) is -0.200. The topological polar surface area (TPSA) is 137 Å². The van der Waals surface area contributed by atoms with E-state index in [1.807, 2.05) is 0 Å². The molecule has 28 heavy (non-hydrogen) atoms. The second-order valence-electron chi connectivity index (χ2n) is 6.28. The van der Waals surface area contributed by atoms with Gasteiger partial charge in [0.25, 0.3) is 23.6 Å². The van der Waals surface area contributed by atoms with E-state index in [-0.39, 0.29) is 44.5 Å². The van der Waals surface area contributed by atoms with Crippen LogP contribution in [0.25, 0.3) is 0 Å². The molecular weight excluding hydrogens is 376 g/mol. The molecule has 0 N–H and O–H groups in total. The Labute approximate surface area is 160 Å². The molecule has 0 bridgehead atoms. The van der Waals surface area contributed by atoms with Crippen molar-refractivity contribution in [2.45, 2.75) is 39.5 Å². The summed E-state index contributed by atoms with van der Waals surface area (Å²) in [6, 6.07) is 0. The molecule has 4 amide bonds. The van der Waals surface area contributed by atoms with Crippen molar-refractivity contribution in [3.8, 4) is 0 Å². The van der Waals surface area contributed by atoms with E-state index >= 15 is 0 Å². The summed E-state index contributed by atoms with van der Waals surface area (Å²) in [5.41, 5.74) is 0.107. The van der Waals surface area contributed by atoms with Crippen LogP contribution in [0, 0.1) is 5.92 Å². The second-order valence-corrected chi connectivity index (χ2v) is 6.28. The molecule has 152 valence electrons. The Morgan fingerprint density at radius 1 is 0.929 bits per heavy atom. The monoisotopic (exact) mass is 396 g/mol. The molecule has 0 aromatic carbocycles. The summed E-state index contributed by atoms with van der Waals surface area (Å²) in [6.45, 7) is 2.76. The van der Waals surface area contributed by atoms with Gasteiger partial charge < -0.3 is 14.4 Å². The number of hydrogen-bond donors (Lipinski definition) is 0. The largest absolute Gasteiger partial charge is 0.376 e. The van der Waals surface area contributed by atoms with Gasteiger partial charge in [0.2, 0.25) is 0 Å². The molecule has 0 radical (unpaired) electrons. The molecule has 0 aromatic heterocycles. The third-order valence-electron chi connectivity index (χ3n) is 3.97. The van der Waals surface area contributed by atoms with Gasteiger partial charge >= 0.3 is 11.9 Å². The molecule has 2 fully saturated rings. The van der Waals surface area contributed by atoms with Gasteiger partial charge in [0, 0.05) is 31.3 Å². The van der Waals surface area contributed by atoms with E-state index in [2.05, 4.69) is 0 Å². The maximum absolute atomic E-state index is 11.9. The van der Waals surface area contributed by atoms with E-state index in [1.165, 1.54) is 19.9 Å². The zero-order chi connectivity index (χ0) is 20.8. The number of carbonyl (C=O) groups is 6. The molecule has 0 aliphatic carbocycles. The van der Waals surface area contributed by atoms with Crippen molar-refractivity contribution in [3.63, 3.8) is 0 Å². The molecule has 0 spiro atoms. The Morgan fingerprint density at radius 3 is 1.89 bits per heavy atom. The second kappa shape index (κ2) is 9.22. The fourth-order valence-electron chi connectivity index (χ4n) is 2.23. The van der Waals surface area contributed by atoms with Crippen molar-refractivity contribution in [1.29, 1.82) is 0 Å². The highest BCUT2D eigenvalue weighted by molar-refractivity contribution is 6.02. The number of nitrogens with zero attached hydrogens (tertiary/aromatic N) is 2. The summed E-state index contributed by atoms with van der Waals surface area (Å²) in [5, 5.41) is 0.902. The van der Waals surface area contributed by atoms with Crippen molar-refractivity contribution in [2.24, 2.45) is 5.92 Å². The lowest BCUT2D eigenvalue weighted by Crippen LogP contribution is -2.35. The predicted molar refractivity (Wildman–Crippen MR) is 88.1 cm³/mol. The van der Waals surface area contributed by atoms with E-state index in [4.69, 9.17) is 14.4 Å². The van der Waals surface area contributed by atoms with E-state index < -0.39 is 41.5 Å². The van der Waals surface area contributed by atoms with Gasteiger partial charge in [0.1, 0.15) is 0 Å². The summed E-state index contributed by atoms with van der Waals surface area (Å²) < 4.78 is 5.25. The summed E-state index contributed by atoms with van der Waals surface area (Å²) in [7, 11) is 0.